The Balaban J connectivity index is 1.65. The highest BCUT2D eigenvalue weighted by molar-refractivity contribution is 5.87. The molecule has 4 amide bonds. The van der Waals surface area contributed by atoms with E-state index in [9.17, 15) is 19.5 Å². The Morgan fingerprint density at radius 2 is 1.93 bits per heavy atom. The first-order chi connectivity index (χ1) is 14.6. The van der Waals surface area contributed by atoms with Crippen LogP contribution in [-0.2, 0) is 20.7 Å². The van der Waals surface area contributed by atoms with Gasteiger partial charge in [0.1, 0.15) is 6.04 Å². The van der Waals surface area contributed by atoms with Crippen molar-refractivity contribution in [3.05, 3.63) is 35.9 Å². The minimum atomic E-state index is -0.797. The van der Waals surface area contributed by atoms with E-state index in [1.54, 1.807) is 4.90 Å². The molecule has 4 N–H and O–H groups in total. The molecule has 2 aliphatic heterocycles. The van der Waals surface area contributed by atoms with Gasteiger partial charge in [0.25, 0.3) is 0 Å². The molecule has 0 spiro atoms. The molecule has 30 heavy (non-hydrogen) atoms. The molecule has 0 bridgehead atoms. The van der Waals surface area contributed by atoms with Crippen LogP contribution in [0.4, 0.5) is 4.79 Å². The van der Waals surface area contributed by atoms with Crippen LogP contribution in [0.2, 0.25) is 0 Å². The van der Waals surface area contributed by atoms with Crippen molar-refractivity contribution in [1.82, 2.24) is 20.9 Å². The van der Waals surface area contributed by atoms with Gasteiger partial charge in [-0.25, -0.2) is 4.79 Å². The molecular weight excluding hydrogens is 388 g/mol. The first kappa shape index (κ1) is 22.0. The molecule has 2 aliphatic rings. The molecule has 2 heterocycles. The van der Waals surface area contributed by atoms with Crippen molar-refractivity contribution in [2.45, 2.75) is 31.3 Å². The van der Waals surface area contributed by atoms with Crippen molar-refractivity contribution >= 4 is 17.8 Å². The quantitative estimate of drug-likeness (QED) is 0.460. The Hall–Kier alpha value is -2.65. The highest BCUT2D eigenvalue weighted by atomic mass is 16.5. The number of urea groups is 1. The molecular formula is C21H30N4O5. The molecule has 0 aliphatic carbocycles. The Kier molecular flexibility index (Phi) is 8.04. The van der Waals surface area contributed by atoms with Crippen LogP contribution < -0.4 is 16.0 Å². The van der Waals surface area contributed by atoms with E-state index in [-0.39, 0.29) is 30.4 Å². The van der Waals surface area contributed by atoms with Crippen molar-refractivity contribution in [3.63, 3.8) is 0 Å². The maximum absolute atomic E-state index is 13.0. The van der Waals surface area contributed by atoms with Crippen LogP contribution in [0.25, 0.3) is 0 Å². The number of hydrogen-bond acceptors (Lipinski definition) is 5. The summed E-state index contributed by atoms with van der Waals surface area (Å²) in [4.78, 5) is 39.1. The van der Waals surface area contributed by atoms with Gasteiger partial charge in [-0.15, -0.1) is 0 Å². The molecule has 0 aromatic heterocycles. The SMILES string of the molecule is O=C1NCCC1C[C@@H](CO)NC(=O)[C@H](Cc1ccccc1)NC(=O)N1CCOCC1. The fraction of sp³-hybridized carbons (Fsp3) is 0.571. The average Bonchev–Trinajstić information content (AvgIpc) is 3.18. The second-order valence-electron chi connectivity index (χ2n) is 7.69. The summed E-state index contributed by atoms with van der Waals surface area (Å²) < 4.78 is 5.28. The van der Waals surface area contributed by atoms with Gasteiger partial charge in [0.2, 0.25) is 11.8 Å². The van der Waals surface area contributed by atoms with E-state index >= 15 is 0 Å². The second-order valence-corrected chi connectivity index (χ2v) is 7.69. The highest BCUT2D eigenvalue weighted by Gasteiger charge is 2.30. The van der Waals surface area contributed by atoms with Crippen LogP contribution in [-0.4, -0.2) is 79.4 Å². The lowest BCUT2D eigenvalue weighted by atomic mass is 9.98. The van der Waals surface area contributed by atoms with E-state index in [4.69, 9.17) is 4.74 Å². The molecule has 3 atom stereocenters. The maximum Gasteiger partial charge on any atom is 0.318 e. The zero-order chi connectivity index (χ0) is 21.3. The van der Waals surface area contributed by atoms with Gasteiger partial charge in [-0.1, -0.05) is 30.3 Å². The summed E-state index contributed by atoms with van der Waals surface area (Å²) in [6, 6.07) is 7.77. The summed E-state index contributed by atoms with van der Waals surface area (Å²) in [5.41, 5.74) is 0.913. The van der Waals surface area contributed by atoms with Crippen LogP contribution in [0.3, 0.4) is 0 Å². The van der Waals surface area contributed by atoms with Gasteiger partial charge in [0.05, 0.1) is 25.9 Å². The third-order valence-electron chi connectivity index (χ3n) is 5.49. The number of nitrogens with zero attached hydrogens (tertiary/aromatic N) is 1. The summed E-state index contributed by atoms with van der Waals surface area (Å²) in [7, 11) is 0. The fourth-order valence-corrected chi connectivity index (χ4v) is 3.76. The summed E-state index contributed by atoms with van der Waals surface area (Å²) >= 11 is 0. The van der Waals surface area contributed by atoms with Crippen LogP contribution in [0.1, 0.15) is 18.4 Å². The van der Waals surface area contributed by atoms with Gasteiger partial charge in [-0.05, 0) is 18.4 Å². The number of hydrogen-bond donors (Lipinski definition) is 4. The van der Waals surface area contributed by atoms with Gasteiger partial charge < -0.3 is 30.7 Å². The number of amides is 4. The number of aliphatic hydroxyl groups excluding tert-OH is 1. The van der Waals surface area contributed by atoms with E-state index in [1.165, 1.54) is 0 Å². The van der Waals surface area contributed by atoms with E-state index in [1.807, 2.05) is 30.3 Å². The van der Waals surface area contributed by atoms with E-state index in [0.717, 1.165) is 5.56 Å². The lowest BCUT2D eigenvalue weighted by molar-refractivity contribution is -0.126. The number of aliphatic hydroxyl groups is 1. The second kappa shape index (κ2) is 10.9. The molecule has 9 nitrogen and oxygen atoms in total. The van der Waals surface area contributed by atoms with Crippen LogP contribution in [0.5, 0.6) is 0 Å². The zero-order valence-electron chi connectivity index (χ0n) is 17.0. The highest BCUT2D eigenvalue weighted by Crippen LogP contribution is 2.16. The van der Waals surface area contributed by atoms with Gasteiger partial charge in [0, 0.05) is 32.0 Å². The van der Waals surface area contributed by atoms with Crippen molar-refractivity contribution in [1.29, 1.82) is 0 Å². The van der Waals surface area contributed by atoms with Crippen molar-refractivity contribution < 1.29 is 24.2 Å². The minimum Gasteiger partial charge on any atom is -0.394 e. The van der Waals surface area contributed by atoms with Gasteiger partial charge in [0.15, 0.2) is 0 Å². The molecule has 1 aromatic carbocycles. The van der Waals surface area contributed by atoms with Gasteiger partial charge >= 0.3 is 6.03 Å². The molecule has 2 saturated heterocycles. The maximum atomic E-state index is 13.0. The zero-order valence-corrected chi connectivity index (χ0v) is 17.0. The molecule has 9 heteroatoms. The molecule has 164 valence electrons. The van der Waals surface area contributed by atoms with Crippen molar-refractivity contribution in [3.8, 4) is 0 Å². The number of ether oxygens (including phenoxy) is 1. The average molecular weight is 418 g/mol. The number of rotatable bonds is 8. The van der Waals surface area contributed by atoms with Crippen molar-refractivity contribution in [2.24, 2.45) is 5.92 Å². The molecule has 2 fully saturated rings. The van der Waals surface area contributed by atoms with E-state index in [0.29, 0.717) is 52.1 Å². The topological polar surface area (TPSA) is 120 Å². The summed E-state index contributed by atoms with van der Waals surface area (Å²) in [5.74, 6) is -0.653. The third-order valence-corrected chi connectivity index (χ3v) is 5.49. The van der Waals surface area contributed by atoms with Crippen LogP contribution in [0.15, 0.2) is 30.3 Å². The van der Waals surface area contributed by atoms with E-state index < -0.39 is 12.1 Å². The minimum absolute atomic E-state index is 0.0517. The largest absolute Gasteiger partial charge is 0.394 e. The molecule has 1 aromatic rings. The van der Waals surface area contributed by atoms with Crippen LogP contribution in [0, 0.1) is 5.92 Å². The summed E-state index contributed by atoms with van der Waals surface area (Å²) in [5, 5.41) is 18.1. The third kappa shape index (κ3) is 6.17. The number of morpholine rings is 1. The normalized spacial score (nSPS) is 20.9. The number of nitrogens with one attached hydrogen (secondary N) is 3. The summed E-state index contributed by atoms with van der Waals surface area (Å²) in [6.45, 7) is 2.23. The lowest BCUT2D eigenvalue weighted by Crippen LogP contribution is -2.56. The Labute approximate surface area is 176 Å². The lowest BCUT2D eigenvalue weighted by Gasteiger charge is -2.30. The van der Waals surface area contributed by atoms with Gasteiger partial charge in [-0.3, -0.25) is 9.59 Å². The smallest absolute Gasteiger partial charge is 0.318 e. The fourth-order valence-electron chi connectivity index (χ4n) is 3.76. The standard InChI is InChI=1S/C21H30N4O5/c26-14-17(13-16-6-7-22-19(16)27)23-20(28)18(12-15-4-2-1-3-5-15)24-21(29)25-8-10-30-11-9-25/h1-5,16-18,26H,6-14H2,(H,22,27)(H,23,28)(H,24,29)/t16?,17-,18-/m0/s1. The first-order valence-electron chi connectivity index (χ1n) is 10.4. The predicted octanol–water partition coefficient (Wildman–Crippen LogP) is -0.357. The van der Waals surface area contributed by atoms with Crippen LogP contribution >= 0.6 is 0 Å². The summed E-state index contributed by atoms with van der Waals surface area (Å²) in [6.07, 6.45) is 1.38. The molecule has 1 unspecified atom stereocenters. The Morgan fingerprint density at radius 3 is 2.57 bits per heavy atom. The molecule has 3 rings (SSSR count). The van der Waals surface area contributed by atoms with Crippen molar-refractivity contribution in [2.75, 3.05) is 39.5 Å². The van der Waals surface area contributed by atoms with E-state index in [2.05, 4.69) is 16.0 Å². The van der Waals surface area contributed by atoms with Gasteiger partial charge in [-0.2, -0.15) is 0 Å². The first-order valence-corrected chi connectivity index (χ1v) is 10.4. The Bertz CT molecular complexity index is 723. The number of benzene rings is 1. The number of carbonyl (C=O) groups is 3. The molecule has 0 radical (unpaired) electrons. The predicted molar refractivity (Wildman–Crippen MR) is 110 cm³/mol. The monoisotopic (exact) mass is 418 g/mol. The Morgan fingerprint density at radius 1 is 1.20 bits per heavy atom. The molecule has 0 saturated carbocycles. The number of carbonyl (C=O) groups excluding carboxylic acids is 3.